The van der Waals surface area contributed by atoms with Crippen molar-refractivity contribution in [2.45, 2.75) is 224 Å². The molecular formula is C45H83NO2. The quantitative estimate of drug-likeness (QED) is 0.0525. The minimum atomic E-state index is -0.304. The SMILES string of the molecule is CCCCC/C=C\C/C=C\CCCCCCCCC1(CCCCCCCCCC/C=C\CCCCC)O[C@H]2CC[C@@H](CN(C)C)C[C@H]2O1. The van der Waals surface area contributed by atoms with Crippen LogP contribution >= 0.6 is 0 Å². The highest BCUT2D eigenvalue weighted by Gasteiger charge is 2.48. The molecule has 0 spiro atoms. The molecule has 0 N–H and O–H groups in total. The third-order valence-electron chi connectivity index (χ3n) is 10.8. The lowest BCUT2D eigenvalue weighted by Crippen LogP contribution is -2.35. The molecule has 2 aliphatic rings. The molecule has 0 aromatic rings. The largest absolute Gasteiger partial charge is 0.344 e. The molecule has 1 aliphatic carbocycles. The van der Waals surface area contributed by atoms with E-state index in [2.05, 4.69) is 69.3 Å². The standard InChI is InChI=1S/C45H83NO2/c1-5-7-9-11-13-15-17-19-21-23-25-27-29-31-33-35-39-45(47-43-37-36-42(41-46(3)4)40-44(43)48-45)38-34-32-30-28-26-24-22-20-18-16-14-12-10-8-6-2/h13-16,19,21,42-44H,5-12,17-18,20,22-41H2,1-4H3/b15-13-,16-14-,21-19-/t42-,43+,44-,45?/m1/s1. The maximum absolute atomic E-state index is 6.95. The maximum Gasteiger partial charge on any atom is 0.169 e. The van der Waals surface area contributed by atoms with Crippen molar-refractivity contribution >= 4 is 0 Å². The van der Waals surface area contributed by atoms with E-state index >= 15 is 0 Å². The van der Waals surface area contributed by atoms with Gasteiger partial charge in [0.15, 0.2) is 5.79 Å². The number of unbranched alkanes of at least 4 members (excludes halogenated alkanes) is 20. The maximum atomic E-state index is 6.95. The van der Waals surface area contributed by atoms with Crippen LogP contribution in [0.2, 0.25) is 0 Å². The van der Waals surface area contributed by atoms with Crippen LogP contribution in [0.5, 0.6) is 0 Å². The second-order valence-electron chi connectivity index (χ2n) is 15.8. The first kappa shape index (κ1) is 43.3. The summed E-state index contributed by atoms with van der Waals surface area (Å²) < 4.78 is 13.8. The van der Waals surface area contributed by atoms with Crippen LogP contribution in [-0.2, 0) is 9.47 Å². The van der Waals surface area contributed by atoms with Gasteiger partial charge in [-0.2, -0.15) is 0 Å². The fraction of sp³-hybridized carbons (Fsp3) is 0.867. The number of hydrogen-bond acceptors (Lipinski definition) is 3. The normalized spacial score (nSPS) is 23.1. The molecule has 2 rings (SSSR count). The van der Waals surface area contributed by atoms with E-state index in [1.165, 1.54) is 180 Å². The minimum Gasteiger partial charge on any atom is -0.344 e. The molecule has 1 saturated heterocycles. The predicted octanol–water partition coefficient (Wildman–Crippen LogP) is 14.1. The van der Waals surface area contributed by atoms with E-state index in [9.17, 15) is 0 Å². The van der Waals surface area contributed by atoms with Crippen LogP contribution in [0.15, 0.2) is 36.5 Å². The summed E-state index contributed by atoms with van der Waals surface area (Å²) in [6.07, 6.45) is 53.9. The second kappa shape index (κ2) is 29.8. The van der Waals surface area contributed by atoms with Crippen molar-refractivity contribution in [2.24, 2.45) is 5.92 Å². The first-order valence-corrected chi connectivity index (χ1v) is 21.5. The Morgan fingerprint density at radius 1 is 0.500 bits per heavy atom. The highest BCUT2D eigenvalue weighted by molar-refractivity contribution is 4.93. The summed E-state index contributed by atoms with van der Waals surface area (Å²) in [4.78, 5) is 2.35. The van der Waals surface area contributed by atoms with E-state index in [-0.39, 0.29) is 5.79 Å². The molecule has 1 saturated carbocycles. The molecule has 48 heavy (non-hydrogen) atoms. The van der Waals surface area contributed by atoms with Gasteiger partial charge in [0.2, 0.25) is 0 Å². The number of allylic oxidation sites excluding steroid dienone is 6. The Morgan fingerprint density at radius 3 is 1.40 bits per heavy atom. The zero-order valence-corrected chi connectivity index (χ0v) is 32.9. The van der Waals surface area contributed by atoms with Gasteiger partial charge in [-0.05, 0) is 110 Å². The van der Waals surface area contributed by atoms with Crippen LogP contribution < -0.4 is 0 Å². The van der Waals surface area contributed by atoms with E-state index in [1.54, 1.807) is 0 Å². The molecule has 1 heterocycles. The smallest absolute Gasteiger partial charge is 0.169 e. The molecule has 2 fully saturated rings. The van der Waals surface area contributed by atoms with Gasteiger partial charge in [-0.3, -0.25) is 0 Å². The van der Waals surface area contributed by atoms with Gasteiger partial charge < -0.3 is 14.4 Å². The molecule has 0 aromatic carbocycles. The Kier molecular flexibility index (Phi) is 26.9. The molecule has 1 aliphatic heterocycles. The number of nitrogens with zero attached hydrogens (tertiary/aromatic N) is 1. The van der Waals surface area contributed by atoms with Gasteiger partial charge in [0.05, 0.1) is 12.2 Å². The van der Waals surface area contributed by atoms with Crippen LogP contribution in [0.1, 0.15) is 206 Å². The van der Waals surface area contributed by atoms with E-state index in [1.807, 2.05) is 0 Å². The summed E-state index contributed by atoms with van der Waals surface area (Å²) in [5.41, 5.74) is 0. The zero-order chi connectivity index (χ0) is 34.4. The summed E-state index contributed by atoms with van der Waals surface area (Å²) in [5, 5.41) is 0. The Bertz CT molecular complexity index is 803. The van der Waals surface area contributed by atoms with Gasteiger partial charge in [0, 0.05) is 19.4 Å². The average molecular weight is 670 g/mol. The minimum absolute atomic E-state index is 0.304. The van der Waals surface area contributed by atoms with E-state index < -0.39 is 0 Å². The number of hydrogen-bond donors (Lipinski definition) is 0. The Balaban J connectivity index is 1.60. The van der Waals surface area contributed by atoms with Crippen LogP contribution in [0, 0.1) is 5.92 Å². The number of fused-ring (bicyclic) bond motifs is 1. The monoisotopic (exact) mass is 670 g/mol. The molecule has 3 nitrogen and oxygen atoms in total. The third kappa shape index (κ3) is 22.0. The van der Waals surface area contributed by atoms with Crippen LogP contribution in [0.25, 0.3) is 0 Å². The van der Waals surface area contributed by atoms with Crippen molar-refractivity contribution in [2.75, 3.05) is 20.6 Å². The van der Waals surface area contributed by atoms with Crippen LogP contribution in [-0.4, -0.2) is 43.5 Å². The first-order valence-electron chi connectivity index (χ1n) is 21.5. The molecule has 0 radical (unpaired) electrons. The van der Waals surface area contributed by atoms with Gasteiger partial charge in [0.25, 0.3) is 0 Å². The lowest BCUT2D eigenvalue weighted by molar-refractivity contribution is -0.186. The first-order chi connectivity index (χ1) is 23.6. The molecule has 1 unspecified atom stereocenters. The van der Waals surface area contributed by atoms with Gasteiger partial charge in [-0.1, -0.05) is 140 Å². The molecule has 0 aromatic heterocycles. The third-order valence-corrected chi connectivity index (χ3v) is 10.8. The summed E-state index contributed by atoms with van der Waals surface area (Å²) in [6.45, 7) is 5.74. The van der Waals surface area contributed by atoms with Gasteiger partial charge in [0.1, 0.15) is 0 Å². The van der Waals surface area contributed by atoms with Crippen LogP contribution in [0.3, 0.4) is 0 Å². The van der Waals surface area contributed by atoms with Gasteiger partial charge >= 0.3 is 0 Å². The lowest BCUT2D eigenvalue weighted by atomic mass is 9.85. The summed E-state index contributed by atoms with van der Waals surface area (Å²) in [5.74, 6) is 0.450. The topological polar surface area (TPSA) is 21.7 Å². The average Bonchev–Trinajstić information content (AvgIpc) is 3.43. The fourth-order valence-electron chi connectivity index (χ4n) is 7.91. The molecular weight excluding hydrogens is 587 g/mol. The van der Waals surface area contributed by atoms with E-state index in [0.29, 0.717) is 12.2 Å². The molecule has 0 bridgehead atoms. The van der Waals surface area contributed by atoms with Gasteiger partial charge in [-0.25, -0.2) is 0 Å². The molecule has 0 amide bonds. The van der Waals surface area contributed by atoms with Crippen molar-refractivity contribution in [3.63, 3.8) is 0 Å². The van der Waals surface area contributed by atoms with Crippen molar-refractivity contribution in [1.82, 2.24) is 4.90 Å². The van der Waals surface area contributed by atoms with Crippen molar-refractivity contribution in [1.29, 1.82) is 0 Å². The lowest BCUT2D eigenvalue weighted by Gasteiger charge is -2.31. The molecule has 3 heteroatoms. The van der Waals surface area contributed by atoms with Crippen LogP contribution in [0.4, 0.5) is 0 Å². The Morgan fingerprint density at radius 2 is 0.917 bits per heavy atom. The predicted molar refractivity (Wildman–Crippen MR) is 212 cm³/mol. The second-order valence-corrected chi connectivity index (χ2v) is 15.8. The Labute approximate surface area is 301 Å². The zero-order valence-electron chi connectivity index (χ0n) is 32.9. The summed E-state index contributed by atoms with van der Waals surface area (Å²) >= 11 is 0. The van der Waals surface area contributed by atoms with Crippen molar-refractivity contribution in [3.05, 3.63) is 36.5 Å². The highest BCUT2D eigenvalue weighted by Crippen LogP contribution is 2.44. The number of rotatable bonds is 32. The molecule has 4 atom stereocenters. The van der Waals surface area contributed by atoms with E-state index in [4.69, 9.17) is 9.47 Å². The highest BCUT2D eigenvalue weighted by atomic mass is 16.8. The fourth-order valence-corrected chi connectivity index (χ4v) is 7.91. The summed E-state index contributed by atoms with van der Waals surface area (Å²) in [7, 11) is 4.42. The van der Waals surface area contributed by atoms with E-state index in [0.717, 1.165) is 25.2 Å². The Hall–Kier alpha value is -0.900. The van der Waals surface area contributed by atoms with Crippen molar-refractivity contribution < 1.29 is 9.47 Å². The number of ether oxygens (including phenoxy) is 2. The van der Waals surface area contributed by atoms with Crippen molar-refractivity contribution in [3.8, 4) is 0 Å². The summed E-state index contributed by atoms with van der Waals surface area (Å²) in [6, 6.07) is 0. The molecule has 280 valence electrons. The van der Waals surface area contributed by atoms with Gasteiger partial charge in [-0.15, -0.1) is 0 Å².